The molecule has 2 aromatic carbocycles. The van der Waals surface area contributed by atoms with E-state index in [1.807, 2.05) is 12.1 Å². The van der Waals surface area contributed by atoms with Crippen molar-refractivity contribution in [2.45, 2.75) is 6.17 Å². The first-order chi connectivity index (χ1) is 13.9. The van der Waals surface area contributed by atoms with Gasteiger partial charge in [0.2, 0.25) is 13.6 Å². The lowest BCUT2D eigenvalue weighted by Crippen LogP contribution is -2.30. The van der Waals surface area contributed by atoms with E-state index in [0.29, 0.717) is 0 Å². The fourth-order valence-electron chi connectivity index (χ4n) is 4.04. The molecule has 0 unspecified atom stereocenters. The van der Waals surface area contributed by atoms with Gasteiger partial charge in [0.15, 0.2) is 23.0 Å². The maximum Gasteiger partial charge on any atom is 0.231 e. The van der Waals surface area contributed by atoms with Crippen molar-refractivity contribution in [2.75, 3.05) is 36.5 Å². The summed E-state index contributed by atoms with van der Waals surface area (Å²) < 4.78 is 22.1. The number of hydrogen-bond donors (Lipinski definition) is 0. The summed E-state index contributed by atoms with van der Waals surface area (Å²) in [4.78, 5) is 6.13. The van der Waals surface area contributed by atoms with Gasteiger partial charge in [0, 0.05) is 41.5 Å². The Kier molecular flexibility index (Phi) is 3.55. The first kappa shape index (κ1) is 15.9. The minimum atomic E-state index is 0.112. The van der Waals surface area contributed by atoms with Crippen LogP contribution in [0.5, 0.6) is 23.0 Å². The summed E-state index contributed by atoms with van der Waals surface area (Å²) in [7, 11) is 0. The van der Waals surface area contributed by atoms with Crippen molar-refractivity contribution >= 4 is 22.7 Å². The minimum absolute atomic E-state index is 0.112. The van der Waals surface area contributed by atoms with Crippen LogP contribution in [0.4, 0.5) is 11.4 Å². The van der Waals surface area contributed by atoms with Crippen molar-refractivity contribution in [1.82, 2.24) is 0 Å². The zero-order valence-electron chi connectivity index (χ0n) is 15.0. The number of hydrogen-bond acceptors (Lipinski definition) is 7. The summed E-state index contributed by atoms with van der Waals surface area (Å²) in [6.45, 7) is 2.40. The van der Waals surface area contributed by atoms with E-state index in [1.54, 1.807) is 11.3 Å². The van der Waals surface area contributed by atoms with Crippen LogP contribution < -0.4 is 28.7 Å². The van der Waals surface area contributed by atoms with E-state index in [4.69, 9.17) is 18.9 Å². The molecule has 4 heterocycles. The van der Waals surface area contributed by atoms with Gasteiger partial charge in [-0.25, -0.2) is 0 Å². The van der Waals surface area contributed by atoms with E-state index >= 15 is 0 Å². The Labute approximate surface area is 166 Å². The Hall–Kier alpha value is -3.06. The fourth-order valence-corrected chi connectivity index (χ4v) is 4.89. The van der Waals surface area contributed by atoms with E-state index in [-0.39, 0.29) is 19.8 Å². The number of fused-ring (bicyclic) bond motifs is 2. The Morgan fingerprint density at radius 2 is 1.29 bits per heavy atom. The number of rotatable bonds is 3. The third-order valence-corrected chi connectivity index (χ3v) is 6.26. The predicted molar refractivity (Wildman–Crippen MR) is 107 cm³/mol. The van der Waals surface area contributed by atoms with Crippen LogP contribution in [0, 0.1) is 0 Å². The van der Waals surface area contributed by atoms with Crippen LogP contribution in [0.25, 0.3) is 0 Å². The summed E-state index contributed by atoms with van der Waals surface area (Å²) in [6, 6.07) is 16.7. The first-order valence-electron chi connectivity index (χ1n) is 9.23. The molecule has 0 aliphatic carbocycles. The van der Waals surface area contributed by atoms with Gasteiger partial charge < -0.3 is 28.7 Å². The molecule has 6 rings (SSSR count). The highest BCUT2D eigenvalue weighted by Crippen LogP contribution is 2.44. The van der Waals surface area contributed by atoms with E-state index in [1.165, 1.54) is 4.88 Å². The van der Waals surface area contributed by atoms with Crippen LogP contribution in [-0.4, -0.2) is 26.7 Å². The van der Waals surface area contributed by atoms with Gasteiger partial charge in [-0.1, -0.05) is 6.07 Å². The molecule has 3 aromatic rings. The maximum atomic E-state index is 5.60. The number of anilines is 2. The topological polar surface area (TPSA) is 43.4 Å². The molecule has 3 aliphatic heterocycles. The lowest BCUT2D eigenvalue weighted by atomic mass is 10.2. The Balaban J connectivity index is 1.40. The van der Waals surface area contributed by atoms with Crippen LogP contribution in [-0.2, 0) is 0 Å². The molecular weight excluding hydrogens is 376 g/mol. The highest BCUT2D eigenvalue weighted by Gasteiger charge is 2.35. The standard InChI is InChI=1S/C21H18N2O4S/c1-2-20(28-9-1)21-22(14-3-5-16-18(10-14)26-12-24-16)7-8-23(21)15-4-6-17-19(11-15)27-13-25-17/h1-6,9-11,21H,7-8,12-13H2. The molecule has 142 valence electrons. The average molecular weight is 394 g/mol. The van der Waals surface area contributed by atoms with Gasteiger partial charge in [0.25, 0.3) is 0 Å². The second kappa shape index (κ2) is 6.24. The number of benzene rings is 2. The third kappa shape index (κ3) is 2.46. The van der Waals surface area contributed by atoms with Crippen molar-refractivity contribution in [3.05, 3.63) is 58.8 Å². The molecule has 1 aromatic heterocycles. The summed E-state index contributed by atoms with van der Waals surface area (Å²) >= 11 is 1.77. The molecule has 0 amide bonds. The molecule has 0 radical (unpaired) electrons. The summed E-state index contributed by atoms with van der Waals surface area (Å²) in [5.74, 6) is 3.24. The van der Waals surface area contributed by atoms with Crippen molar-refractivity contribution in [3.8, 4) is 23.0 Å². The molecule has 0 bridgehead atoms. The highest BCUT2D eigenvalue weighted by atomic mass is 32.1. The Morgan fingerprint density at radius 3 is 1.82 bits per heavy atom. The average Bonchev–Trinajstić information content (AvgIpc) is 3.52. The van der Waals surface area contributed by atoms with Crippen molar-refractivity contribution in [3.63, 3.8) is 0 Å². The van der Waals surface area contributed by atoms with Crippen LogP contribution in [0.1, 0.15) is 11.0 Å². The smallest absolute Gasteiger partial charge is 0.231 e. The Bertz CT molecular complexity index is 958. The molecule has 0 saturated carbocycles. The molecule has 6 nitrogen and oxygen atoms in total. The zero-order valence-corrected chi connectivity index (χ0v) is 15.9. The minimum Gasteiger partial charge on any atom is -0.454 e. The second-order valence-corrected chi connectivity index (χ2v) is 7.83. The highest BCUT2D eigenvalue weighted by molar-refractivity contribution is 7.10. The van der Waals surface area contributed by atoms with E-state index in [2.05, 4.69) is 51.6 Å². The van der Waals surface area contributed by atoms with Crippen LogP contribution in [0.15, 0.2) is 53.9 Å². The number of thiophene rings is 1. The van der Waals surface area contributed by atoms with Crippen LogP contribution in [0.3, 0.4) is 0 Å². The van der Waals surface area contributed by atoms with Crippen LogP contribution in [0.2, 0.25) is 0 Å². The van der Waals surface area contributed by atoms with Gasteiger partial charge >= 0.3 is 0 Å². The summed E-state index contributed by atoms with van der Waals surface area (Å²) in [5.41, 5.74) is 2.26. The first-order valence-corrected chi connectivity index (χ1v) is 10.1. The Morgan fingerprint density at radius 1 is 0.714 bits per heavy atom. The van der Waals surface area contributed by atoms with Gasteiger partial charge in [0.1, 0.15) is 6.17 Å². The van der Waals surface area contributed by atoms with Gasteiger partial charge in [0.05, 0.1) is 0 Å². The number of ether oxygens (including phenoxy) is 4. The fraction of sp³-hybridized carbons (Fsp3) is 0.238. The molecule has 7 heteroatoms. The summed E-state index contributed by atoms with van der Waals surface area (Å²) in [5, 5.41) is 2.13. The van der Waals surface area contributed by atoms with E-state index in [0.717, 1.165) is 47.5 Å². The van der Waals surface area contributed by atoms with Crippen molar-refractivity contribution < 1.29 is 18.9 Å². The molecule has 0 N–H and O–H groups in total. The van der Waals surface area contributed by atoms with Gasteiger partial charge in [-0.05, 0) is 35.7 Å². The molecule has 28 heavy (non-hydrogen) atoms. The predicted octanol–water partition coefficient (Wildman–Crippen LogP) is 4.23. The van der Waals surface area contributed by atoms with E-state index in [9.17, 15) is 0 Å². The molecule has 0 atom stereocenters. The number of nitrogens with zero attached hydrogens (tertiary/aromatic N) is 2. The van der Waals surface area contributed by atoms with E-state index < -0.39 is 0 Å². The lowest BCUT2D eigenvalue weighted by Gasteiger charge is -2.32. The molecule has 1 saturated heterocycles. The SMILES string of the molecule is c1csc(C2N(c3ccc4c(c3)OCO4)CCN2c2ccc3c(c2)OCO3)c1. The zero-order chi connectivity index (χ0) is 18.5. The maximum absolute atomic E-state index is 5.60. The monoisotopic (exact) mass is 394 g/mol. The normalized spacial score (nSPS) is 17.6. The molecule has 0 spiro atoms. The quantitative estimate of drug-likeness (QED) is 0.662. The van der Waals surface area contributed by atoms with Gasteiger partial charge in [-0.3, -0.25) is 0 Å². The summed E-state index contributed by atoms with van der Waals surface area (Å²) in [6.07, 6.45) is 0.112. The van der Waals surface area contributed by atoms with Crippen molar-refractivity contribution in [1.29, 1.82) is 0 Å². The van der Waals surface area contributed by atoms with Crippen molar-refractivity contribution in [2.24, 2.45) is 0 Å². The largest absolute Gasteiger partial charge is 0.454 e. The van der Waals surface area contributed by atoms with Gasteiger partial charge in [-0.15, -0.1) is 11.3 Å². The van der Waals surface area contributed by atoms with Crippen LogP contribution >= 0.6 is 11.3 Å². The third-order valence-electron chi connectivity index (χ3n) is 5.35. The lowest BCUT2D eigenvalue weighted by molar-refractivity contribution is 0.173. The molecule has 1 fully saturated rings. The second-order valence-electron chi connectivity index (χ2n) is 6.85. The molecule has 3 aliphatic rings. The molecular formula is C21H18N2O4S. The van der Waals surface area contributed by atoms with Gasteiger partial charge in [-0.2, -0.15) is 0 Å².